The molecule has 1 N–H and O–H groups in total. The molecule has 1 atom stereocenters. The monoisotopic (exact) mass is 138 g/mol. The smallest absolute Gasteiger partial charge is 0.240 e. The van der Waals surface area contributed by atoms with Crippen molar-refractivity contribution in [3.8, 4) is 0 Å². The summed E-state index contributed by atoms with van der Waals surface area (Å²) in [4.78, 5) is 10.8. The summed E-state index contributed by atoms with van der Waals surface area (Å²) < 4.78 is 0. The molecular formula is C7H10N2O. The quantitative estimate of drug-likeness (QED) is 0.525. The Bertz CT molecular complexity index is 188. The highest BCUT2D eigenvalue weighted by Crippen LogP contribution is 2.19. The van der Waals surface area contributed by atoms with Crippen LogP contribution in [-0.4, -0.2) is 17.0 Å². The van der Waals surface area contributed by atoms with E-state index in [9.17, 15) is 4.79 Å². The standard InChI is InChI=1S/C7H10N2O/c10-7-5-6-3-1-2-4-9(6)8-7/h2,4,6H,1,3,5H2,(H,8,10). The van der Waals surface area contributed by atoms with Gasteiger partial charge in [0.05, 0.1) is 12.5 Å². The van der Waals surface area contributed by atoms with E-state index < -0.39 is 0 Å². The molecule has 10 heavy (non-hydrogen) atoms. The third kappa shape index (κ3) is 0.781. The van der Waals surface area contributed by atoms with E-state index in [0.717, 1.165) is 12.8 Å². The second-order valence-electron chi connectivity index (χ2n) is 2.76. The summed E-state index contributed by atoms with van der Waals surface area (Å²) in [5.74, 6) is 0.150. The van der Waals surface area contributed by atoms with E-state index in [0.29, 0.717) is 12.5 Å². The van der Waals surface area contributed by atoms with Gasteiger partial charge < -0.3 is 0 Å². The lowest BCUT2D eigenvalue weighted by atomic mass is 10.1. The summed E-state index contributed by atoms with van der Waals surface area (Å²) in [5.41, 5.74) is 2.76. The summed E-state index contributed by atoms with van der Waals surface area (Å²) in [6, 6.07) is 0.428. The van der Waals surface area contributed by atoms with Crippen molar-refractivity contribution in [3.63, 3.8) is 0 Å². The Morgan fingerprint density at radius 1 is 1.70 bits per heavy atom. The van der Waals surface area contributed by atoms with Gasteiger partial charge >= 0.3 is 0 Å². The van der Waals surface area contributed by atoms with Crippen molar-refractivity contribution in [2.75, 3.05) is 0 Å². The number of hydrazine groups is 1. The molecule has 2 aliphatic rings. The number of hydrogen-bond donors (Lipinski definition) is 1. The summed E-state index contributed by atoms with van der Waals surface area (Å²) in [6.45, 7) is 0. The first-order valence-electron chi connectivity index (χ1n) is 3.61. The van der Waals surface area contributed by atoms with Gasteiger partial charge in [-0.05, 0) is 12.8 Å². The summed E-state index contributed by atoms with van der Waals surface area (Å²) in [7, 11) is 0. The summed E-state index contributed by atoms with van der Waals surface area (Å²) in [5, 5.41) is 1.91. The van der Waals surface area contributed by atoms with Crippen molar-refractivity contribution in [3.05, 3.63) is 12.3 Å². The first-order valence-corrected chi connectivity index (χ1v) is 3.61. The molecule has 0 bridgehead atoms. The van der Waals surface area contributed by atoms with Crippen LogP contribution in [0.3, 0.4) is 0 Å². The molecule has 0 aromatic heterocycles. The third-order valence-corrected chi connectivity index (χ3v) is 2.00. The van der Waals surface area contributed by atoms with Crippen LogP contribution in [0.1, 0.15) is 19.3 Å². The van der Waals surface area contributed by atoms with E-state index in [1.807, 2.05) is 11.2 Å². The number of allylic oxidation sites excluding steroid dienone is 1. The molecule has 54 valence electrons. The van der Waals surface area contributed by atoms with Crippen LogP contribution in [0.5, 0.6) is 0 Å². The first kappa shape index (κ1) is 5.77. The lowest BCUT2D eigenvalue weighted by Gasteiger charge is -2.23. The maximum Gasteiger partial charge on any atom is 0.240 e. The van der Waals surface area contributed by atoms with Gasteiger partial charge in [0.1, 0.15) is 0 Å². The Balaban J connectivity index is 2.15. The number of nitrogens with zero attached hydrogens (tertiary/aromatic N) is 1. The molecule has 3 heteroatoms. The first-order chi connectivity index (χ1) is 4.86. The minimum Gasteiger partial charge on any atom is -0.290 e. The lowest BCUT2D eigenvalue weighted by molar-refractivity contribution is -0.120. The Kier molecular flexibility index (Phi) is 1.16. The number of nitrogens with one attached hydrogen (secondary N) is 1. The highest BCUT2D eigenvalue weighted by Gasteiger charge is 2.28. The third-order valence-electron chi connectivity index (χ3n) is 2.00. The van der Waals surface area contributed by atoms with E-state index in [4.69, 9.17) is 0 Å². The van der Waals surface area contributed by atoms with Gasteiger partial charge in [-0.25, -0.2) is 0 Å². The van der Waals surface area contributed by atoms with E-state index >= 15 is 0 Å². The molecule has 0 saturated carbocycles. The fourth-order valence-electron chi connectivity index (χ4n) is 1.47. The zero-order chi connectivity index (χ0) is 6.97. The van der Waals surface area contributed by atoms with Crippen molar-refractivity contribution >= 4 is 5.91 Å². The molecule has 1 saturated heterocycles. The normalized spacial score (nSPS) is 30.2. The van der Waals surface area contributed by atoms with Gasteiger partial charge in [-0.2, -0.15) is 0 Å². The number of amides is 1. The molecule has 2 aliphatic heterocycles. The van der Waals surface area contributed by atoms with Crippen molar-refractivity contribution < 1.29 is 4.79 Å². The van der Waals surface area contributed by atoms with Crippen molar-refractivity contribution in [2.24, 2.45) is 0 Å². The van der Waals surface area contributed by atoms with Crippen LogP contribution in [0.2, 0.25) is 0 Å². The lowest BCUT2D eigenvalue weighted by Crippen LogP contribution is -2.34. The molecular weight excluding hydrogens is 128 g/mol. The number of hydrogen-bond acceptors (Lipinski definition) is 2. The summed E-state index contributed by atoms with van der Waals surface area (Å²) in [6.07, 6.45) is 6.93. The van der Waals surface area contributed by atoms with Crippen LogP contribution in [0.15, 0.2) is 12.3 Å². The molecule has 0 aromatic carbocycles. The van der Waals surface area contributed by atoms with E-state index in [2.05, 4.69) is 11.5 Å². The molecule has 1 amide bonds. The molecule has 0 spiro atoms. The maximum atomic E-state index is 10.8. The highest BCUT2D eigenvalue weighted by molar-refractivity contribution is 5.78. The zero-order valence-corrected chi connectivity index (χ0v) is 5.71. The van der Waals surface area contributed by atoms with Crippen LogP contribution >= 0.6 is 0 Å². The van der Waals surface area contributed by atoms with Gasteiger partial charge in [0.15, 0.2) is 0 Å². The van der Waals surface area contributed by atoms with E-state index in [-0.39, 0.29) is 5.91 Å². The van der Waals surface area contributed by atoms with Crippen LogP contribution in [0, 0.1) is 0 Å². The van der Waals surface area contributed by atoms with Gasteiger partial charge in [-0.1, -0.05) is 6.08 Å². The molecule has 2 heterocycles. The SMILES string of the molecule is O=C1CC2CCC=CN2N1. The average molecular weight is 138 g/mol. The van der Waals surface area contributed by atoms with E-state index in [1.54, 1.807) is 0 Å². The second-order valence-corrected chi connectivity index (χ2v) is 2.76. The predicted octanol–water partition coefficient (Wildman–Crippen LogP) is 0.399. The maximum absolute atomic E-state index is 10.8. The minimum atomic E-state index is 0.150. The average Bonchev–Trinajstić information content (AvgIpc) is 2.27. The van der Waals surface area contributed by atoms with Gasteiger partial charge in [0.25, 0.3) is 0 Å². The molecule has 0 aliphatic carbocycles. The zero-order valence-electron chi connectivity index (χ0n) is 5.71. The van der Waals surface area contributed by atoms with Gasteiger partial charge in [0, 0.05) is 6.20 Å². The Hall–Kier alpha value is -0.990. The minimum absolute atomic E-state index is 0.150. The molecule has 2 rings (SSSR count). The molecule has 1 unspecified atom stereocenters. The van der Waals surface area contributed by atoms with Crippen molar-refractivity contribution in [2.45, 2.75) is 25.3 Å². The largest absolute Gasteiger partial charge is 0.290 e. The Morgan fingerprint density at radius 3 is 3.40 bits per heavy atom. The van der Waals surface area contributed by atoms with Gasteiger partial charge in [-0.3, -0.25) is 15.2 Å². The van der Waals surface area contributed by atoms with Crippen LogP contribution in [0.4, 0.5) is 0 Å². The van der Waals surface area contributed by atoms with Crippen molar-refractivity contribution in [1.82, 2.24) is 10.4 Å². The van der Waals surface area contributed by atoms with Gasteiger partial charge in [0.2, 0.25) is 5.91 Å². The predicted molar refractivity (Wildman–Crippen MR) is 36.8 cm³/mol. The Labute approximate surface area is 59.7 Å². The fourth-order valence-corrected chi connectivity index (χ4v) is 1.47. The fraction of sp³-hybridized carbons (Fsp3) is 0.571. The molecule has 3 nitrogen and oxygen atoms in total. The van der Waals surface area contributed by atoms with Crippen LogP contribution in [-0.2, 0) is 4.79 Å². The number of carbonyl (C=O) groups is 1. The van der Waals surface area contributed by atoms with Gasteiger partial charge in [-0.15, -0.1) is 0 Å². The number of rotatable bonds is 0. The molecule has 0 radical (unpaired) electrons. The van der Waals surface area contributed by atoms with E-state index in [1.165, 1.54) is 0 Å². The molecule has 0 aromatic rings. The van der Waals surface area contributed by atoms with Crippen LogP contribution < -0.4 is 5.43 Å². The second kappa shape index (κ2) is 2.01. The molecule has 1 fully saturated rings. The summed E-state index contributed by atoms with van der Waals surface area (Å²) >= 11 is 0. The van der Waals surface area contributed by atoms with Crippen LogP contribution in [0.25, 0.3) is 0 Å². The highest BCUT2D eigenvalue weighted by atomic mass is 16.2. The topological polar surface area (TPSA) is 32.3 Å². The number of fused-ring (bicyclic) bond motifs is 1. The van der Waals surface area contributed by atoms with Crippen molar-refractivity contribution in [1.29, 1.82) is 0 Å². The number of carbonyl (C=O) groups excluding carboxylic acids is 1. The Morgan fingerprint density at radius 2 is 2.60 bits per heavy atom.